The average molecular weight is 361 g/mol. The number of thiophene rings is 1. The number of hydrogen-bond donors (Lipinski definition) is 2. The zero-order valence-corrected chi connectivity index (χ0v) is 15.6. The fourth-order valence-electron chi connectivity index (χ4n) is 2.54. The minimum absolute atomic E-state index is 0.0110. The Morgan fingerprint density at radius 2 is 2.22 bits per heavy atom. The molecule has 1 aromatic heterocycles. The van der Waals surface area contributed by atoms with Gasteiger partial charge in [0.05, 0.1) is 23.2 Å². The first-order valence-electron chi connectivity index (χ1n) is 7.86. The number of carbonyl (C=O) groups is 1. The molecule has 0 aliphatic heterocycles. The van der Waals surface area contributed by atoms with Gasteiger partial charge in [0.25, 0.3) is 0 Å². The smallest absolute Gasteiger partial charge is 0.407 e. The summed E-state index contributed by atoms with van der Waals surface area (Å²) < 4.78 is 11.0. The van der Waals surface area contributed by atoms with Crippen molar-refractivity contribution in [3.05, 3.63) is 21.3 Å². The Morgan fingerprint density at radius 3 is 2.78 bits per heavy atom. The van der Waals surface area contributed by atoms with Crippen molar-refractivity contribution < 1.29 is 14.3 Å². The summed E-state index contributed by atoms with van der Waals surface area (Å²) in [7, 11) is 0. The molecule has 1 aromatic rings. The van der Waals surface area contributed by atoms with Crippen molar-refractivity contribution in [2.45, 2.75) is 64.4 Å². The van der Waals surface area contributed by atoms with Gasteiger partial charge in [0, 0.05) is 23.4 Å². The van der Waals surface area contributed by atoms with Gasteiger partial charge in [-0.1, -0.05) is 11.6 Å². The normalized spacial score (nSPS) is 24.1. The highest BCUT2D eigenvalue weighted by Gasteiger charge is 2.42. The zero-order chi connectivity index (χ0) is 17.0. The second kappa shape index (κ2) is 7.83. The molecule has 0 spiro atoms. The lowest BCUT2D eigenvalue weighted by molar-refractivity contribution is -0.0437. The Labute approximate surface area is 146 Å². The van der Waals surface area contributed by atoms with Gasteiger partial charge in [0.15, 0.2) is 0 Å². The van der Waals surface area contributed by atoms with Gasteiger partial charge in [-0.3, -0.25) is 0 Å². The number of ether oxygens (including phenoxy) is 2. The molecule has 0 aromatic carbocycles. The molecule has 0 radical (unpaired) electrons. The van der Waals surface area contributed by atoms with Crippen molar-refractivity contribution >= 4 is 29.0 Å². The molecule has 130 valence electrons. The average Bonchev–Trinajstić information content (AvgIpc) is 2.81. The number of hydrogen-bond acceptors (Lipinski definition) is 5. The molecular formula is C16H25ClN2O3S. The summed E-state index contributed by atoms with van der Waals surface area (Å²) in [6.07, 6.45) is 0.509. The summed E-state index contributed by atoms with van der Waals surface area (Å²) in [5, 5.41) is 9.05. The minimum atomic E-state index is -0.496. The van der Waals surface area contributed by atoms with Crippen LogP contribution in [0.2, 0.25) is 5.02 Å². The fourth-order valence-corrected chi connectivity index (χ4v) is 3.56. The third-order valence-corrected chi connectivity index (χ3v) is 4.82. The van der Waals surface area contributed by atoms with Gasteiger partial charge in [-0.2, -0.15) is 0 Å². The lowest BCUT2D eigenvalue weighted by Crippen LogP contribution is -2.66. The standard InChI is InChI=1S/C16H25ClN2O3S/c1-5-21-13-7-12(19-15(20)22-16(2,3)4)14(13)18-8-11-6-10(17)9-23-11/h6,9,12-14,18H,5,7-8H2,1-4H3,(H,19,20). The SMILES string of the molecule is CCOC1CC(NC(=O)OC(C)(C)C)C1NCc1cc(Cl)cs1. The monoisotopic (exact) mass is 360 g/mol. The number of carbonyl (C=O) groups excluding carboxylic acids is 1. The molecule has 2 N–H and O–H groups in total. The van der Waals surface area contributed by atoms with Gasteiger partial charge < -0.3 is 20.1 Å². The maximum absolute atomic E-state index is 11.9. The highest BCUT2D eigenvalue weighted by molar-refractivity contribution is 7.10. The molecule has 23 heavy (non-hydrogen) atoms. The minimum Gasteiger partial charge on any atom is -0.444 e. The van der Waals surface area contributed by atoms with Gasteiger partial charge in [-0.15, -0.1) is 11.3 Å². The molecule has 1 amide bonds. The predicted molar refractivity (Wildman–Crippen MR) is 93.1 cm³/mol. The molecule has 1 heterocycles. The van der Waals surface area contributed by atoms with Crippen LogP contribution >= 0.6 is 22.9 Å². The fraction of sp³-hybridized carbons (Fsp3) is 0.688. The number of halogens is 1. The van der Waals surface area contributed by atoms with E-state index < -0.39 is 5.60 Å². The highest BCUT2D eigenvalue weighted by atomic mass is 35.5. The quantitative estimate of drug-likeness (QED) is 0.814. The molecule has 0 bridgehead atoms. The first-order chi connectivity index (χ1) is 10.8. The predicted octanol–water partition coefficient (Wildman–Crippen LogP) is 3.56. The van der Waals surface area contributed by atoms with Crippen LogP contribution in [0.1, 0.15) is 39.0 Å². The molecular weight excluding hydrogens is 336 g/mol. The van der Waals surface area contributed by atoms with Crippen molar-refractivity contribution in [2.24, 2.45) is 0 Å². The second-order valence-corrected chi connectivity index (χ2v) is 8.05. The summed E-state index contributed by atoms with van der Waals surface area (Å²) in [6.45, 7) is 8.90. The number of alkyl carbamates (subject to hydrolysis) is 1. The Hall–Kier alpha value is -0.820. The van der Waals surface area contributed by atoms with Crippen LogP contribution in [0, 0.1) is 0 Å². The van der Waals surface area contributed by atoms with Gasteiger partial charge in [-0.25, -0.2) is 4.79 Å². The van der Waals surface area contributed by atoms with E-state index in [1.54, 1.807) is 11.3 Å². The lowest BCUT2D eigenvalue weighted by Gasteiger charge is -2.44. The molecule has 0 saturated heterocycles. The van der Waals surface area contributed by atoms with E-state index in [2.05, 4.69) is 10.6 Å². The van der Waals surface area contributed by atoms with Crippen LogP contribution in [0.3, 0.4) is 0 Å². The Morgan fingerprint density at radius 1 is 1.48 bits per heavy atom. The summed E-state index contributed by atoms with van der Waals surface area (Å²) in [6, 6.07) is 2.03. The van der Waals surface area contributed by atoms with E-state index in [4.69, 9.17) is 21.1 Å². The molecule has 3 unspecified atom stereocenters. The van der Waals surface area contributed by atoms with Crippen molar-refractivity contribution in [3.8, 4) is 0 Å². The number of nitrogens with one attached hydrogen (secondary N) is 2. The third-order valence-electron chi connectivity index (χ3n) is 3.54. The largest absolute Gasteiger partial charge is 0.444 e. The summed E-state index contributed by atoms with van der Waals surface area (Å²) in [5.74, 6) is 0. The van der Waals surface area contributed by atoms with Crippen LogP contribution in [-0.2, 0) is 16.0 Å². The zero-order valence-electron chi connectivity index (χ0n) is 14.0. The van der Waals surface area contributed by atoms with Gasteiger partial charge in [0.2, 0.25) is 0 Å². The van der Waals surface area contributed by atoms with Crippen molar-refractivity contribution in [1.82, 2.24) is 10.6 Å². The topological polar surface area (TPSA) is 59.6 Å². The summed E-state index contributed by atoms with van der Waals surface area (Å²) in [5.41, 5.74) is -0.496. The summed E-state index contributed by atoms with van der Waals surface area (Å²) >= 11 is 7.56. The van der Waals surface area contributed by atoms with E-state index in [9.17, 15) is 4.79 Å². The molecule has 2 rings (SSSR count). The third kappa shape index (κ3) is 5.64. The maximum atomic E-state index is 11.9. The van der Waals surface area contributed by atoms with Crippen molar-refractivity contribution in [1.29, 1.82) is 0 Å². The number of rotatable bonds is 6. The van der Waals surface area contributed by atoms with E-state index in [1.165, 1.54) is 0 Å². The van der Waals surface area contributed by atoms with E-state index in [-0.39, 0.29) is 24.3 Å². The van der Waals surface area contributed by atoms with Crippen molar-refractivity contribution in [2.75, 3.05) is 6.61 Å². The van der Waals surface area contributed by atoms with Gasteiger partial charge >= 0.3 is 6.09 Å². The van der Waals surface area contributed by atoms with E-state index in [0.717, 1.165) is 16.3 Å². The first kappa shape index (κ1) is 18.5. The van der Waals surface area contributed by atoms with E-state index in [1.807, 2.05) is 39.1 Å². The molecule has 1 aliphatic rings. The van der Waals surface area contributed by atoms with Crippen LogP contribution in [0.4, 0.5) is 4.79 Å². The highest BCUT2D eigenvalue weighted by Crippen LogP contribution is 2.26. The molecule has 3 atom stereocenters. The Balaban J connectivity index is 1.87. The Kier molecular flexibility index (Phi) is 6.31. The van der Waals surface area contributed by atoms with Crippen molar-refractivity contribution in [3.63, 3.8) is 0 Å². The lowest BCUT2D eigenvalue weighted by atomic mass is 9.82. The molecule has 7 heteroatoms. The molecule has 5 nitrogen and oxygen atoms in total. The maximum Gasteiger partial charge on any atom is 0.407 e. The summed E-state index contributed by atoms with van der Waals surface area (Å²) in [4.78, 5) is 13.1. The number of amides is 1. The molecule has 1 aliphatic carbocycles. The second-order valence-electron chi connectivity index (χ2n) is 6.62. The first-order valence-corrected chi connectivity index (χ1v) is 9.11. The van der Waals surface area contributed by atoms with Crippen LogP contribution in [-0.4, -0.2) is 36.5 Å². The van der Waals surface area contributed by atoms with E-state index >= 15 is 0 Å². The van der Waals surface area contributed by atoms with Crippen LogP contribution in [0.5, 0.6) is 0 Å². The molecule has 1 fully saturated rings. The van der Waals surface area contributed by atoms with Gasteiger partial charge in [-0.05, 0) is 40.2 Å². The van der Waals surface area contributed by atoms with E-state index in [0.29, 0.717) is 13.2 Å². The van der Waals surface area contributed by atoms with Crippen LogP contribution in [0.15, 0.2) is 11.4 Å². The Bertz CT molecular complexity index is 530. The molecule has 1 saturated carbocycles. The van der Waals surface area contributed by atoms with Crippen LogP contribution in [0.25, 0.3) is 0 Å². The van der Waals surface area contributed by atoms with Gasteiger partial charge in [0.1, 0.15) is 5.60 Å². The van der Waals surface area contributed by atoms with Crippen LogP contribution < -0.4 is 10.6 Å².